The summed E-state index contributed by atoms with van der Waals surface area (Å²) in [6, 6.07) is 21.6. The van der Waals surface area contributed by atoms with Gasteiger partial charge >= 0.3 is 6.01 Å². The van der Waals surface area contributed by atoms with Crippen molar-refractivity contribution >= 4 is 52.2 Å². The monoisotopic (exact) mass is 527 g/mol. The molecule has 1 saturated heterocycles. The smallest absolute Gasteiger partial charge is 0.320 e. The molecule has 1 N–H and O–H groups in total. The predicted molar refractivity (Wildman–Crippen MR) is 142 cm³/mol. The Hall–Kier alpha value is -2.77. The van der Waals surface area contributed by atoms with Gasteiger partial charge in [0, 0.05) is 36.9 Å². The van der Waals surface area contributed by atoms with E-state index in [1.165, 1.54) is 5.56 Å². The summed E-state index contributed by atoms with van der Waals surface area (Å²) < 4.78 is 6.10. The van der Waals surface area contributed by atoms with Gasteiger partial charge in [-0.25, -0.2) is 0 Å². The Kier molecular flexibility index (Phi) is 7.16. The van der Waals surface area contributed by atoms with Gasteiger partial charge in [-0.05, 0) is 42.8 Å². The van der Waals surface area contributed by atoms with Crippen LogP contribution < -0.4 is 10.2 Å². The number of hydrogen-bond acceptors (Lipinski definition) is 6. The first-order chi connectivity index (χ1) is 17.0. The highest BCUT2D eigenvalue weighted by atomic mass is 35.5. The number of rotatable bonds is 6. The highest BCUT2D eigenvalue weighted by molar-refractivity contribution is 6.43. The molecule has 4 aromatic rings. The van der Waals surface area contributed by atoms with E-state index < -0.39 is 0 Å². The number of anilines is 3. The van der Waals surface area contributed by atoms with Crippen molar-refractivity contribution in [1.82, 2.24) is 15.1 Å². The van der Waals surface area contributed by atoms with E-state index in [-0.39, 0.29) is 6.04 Å². The molecule has 1 atom stereocenters. The average Bonchev–Trinajstić information content (AvgIpc) is 3.32. The van der Waals surface area contributed by atoms with Crippen molar-refractivity contribution in [1.29, 1.82) is 0 Å². The molecule has 0 aliphatic carbocycles. The second-order valence-corrected chi connectivity index (χ2v) is 9.65. The number of piperazine rings is 1. The van der Waals surface area contributed by atoms with Crippen molar-refractivity contribution in [2.75, 3.05) is 36.4 Å². The Morgan fingerprint density at radius 2 is 1.54 bits per heavy atom. The number of nitrogens with one attached hydrogen (secondary N) is 1. The quantitative estimate of drug-likeness (QED) is 0.291. The van der Waals surface area contributed by atoms with E-state index in [0.717, 1.165) is 43.1 Å². The number of nitrogens with zero attached hydrogens (tertiary/aromatic N) is 4. The van der Waals surface area contributed by atoms with Crippen molar-refractivity contribution in [2.24, 2.45) is 0 Å². The highest BCUT2D eigenvalue weighted by Crippen LogP contribution is 2.37. The van der Waals surface area contributed by atoms with Crippen LogP contribution in [0.2, 0.25) is 15.1 Å². The average molecular weight is 529 g/mol. The molecule has 1 unspecified atom stereocenters. The van der Waals surface area contributed by atoms with Crippen LogP contribution in [0.3, 0.4) is 0 Å². The molecule has 0 amide bonds. The minimum absolute atomic E-state index is 0.276. The zero-order valence-corrected chi connectivity index (χ0v) is 21.4. The molecule has 5 rings (SSSR count). The van der Waals surface area contributed by atoms with Gasteiger partial charge in [0.25, 0.3) is 0 Å². The Bertz CT molecular complexity index is 1300. The molecule has 180 valence electrons. The van der Waals surface area contributed by atoms with E-state index in [9.17, 15) is 0 Å². The lowest BCUT2D eigenvalue weighted by Gasteiger charge is -2.39. The summed E-state index contributed by atoms with van der Waals surface area (Å²) in [6.45, 7) is 5.08. The van der Waals surface area contributed by atoms with E-state index in [1.807, 2.05) is 67.6 Å². The van der Waals surface area contributed by atoms with Crippen LogP contribution in [0.15, 0.2) is 71.1 Å². The van der Waals surface area contributed by atoms with Crippen molar-refractivity contribution in [3.05, 3.63) is 98.8 Å². The lowest BCUT2D eigenvalue weighted by Crippen LogP contribution is -2.48. The Balaban J connectivity index is 1.39. The molecule has 3 aromatic carbocycles. The summed E-state index contributed by atoms with van der Waals surface area (Å²) in [5.41, 5.74) is 3.93. The van der Waals surface area contributed by atoms with E-state index in [2.05, 4.69) is 25.3 Å². The van der Waals surface area contributed by atoms with Crippen LogP contribution >= 0.6 is 34.8 Å². The number of hydrogen-bond donors (Lipinski definition) is 1. The van der Waals surface area contributed by atoms with E-state index in [0.29, 0.717) is 27.0 Å². The van der Waals surface area contributed by atoms with Gasteiger partial charge in [-0.15, -0.1) is 5.10 Å². The zero-order valence-electron chi connectivity index (χ0n) is 19.1. The molecule has 0 spiro atoms. The molecule has 0 radical (unpaired) electrons. The van der Waals surface area contributed by atoms with Gasteiger partial charge in [-0.3, -0.25) is 4.90 Å². The molecule has 1 aromatic heterocycles. The molecule has 2 heterocycles. The normalized spacial score (nSPS) is 15.3. The van der Waals surface area contributed by atoms with E-state index in [1.54, 1.807) is 6.07 Å². The van der Waals surface area contributed by atoms with Gasteiger partial charge in [0.2, 0.25) is 5.89 Å². The fourth-order valence-corrected chi connectivity index (χ4v) is 4.95. The summed E-state index contributed by atoms with van der Waals surface area (Å²) in [5, 5.41) is 13.6. The zero-order chi connectivity index (χ0) is 24.4. The third-order valence-corrected chi connectivity index (χ3v) is 7.28. The fourth-order valence-electron chi connectivity index (χ4n) is 4.30. The number of benzene rings is 3. The number of halogens is 3. The van der Waals surface area contributed by atoms with Crippen LogP contribution in [0, 0.1) is 6.92 Å². The topological polar surface area (TPSA) is 57.4 Å². The van der Waals surface area contributed by atoms with Gasteiger partial charge in [0.05, 0.1) is 15.7 Å². The molecule has 9 heteroatoms. The van der Waals surface area contributed by atoms with Gasteiger partial charge in [-0.1, -0.05) is 81.9 Å². The van der Waals surface area contributed by atoms with Crippen LogP contribution in [-0.4, -0.2) is 41.3 Å². The third kappa shape index (κ3) is 5.26. The standard InChI is InChI=1S/C26H24Cl3N5O/c1-17-9-11-18(12-10-17)30-26-32-31-25(35-26)24(19-5-2-3-6-20(19)27)34-15-13-33(14-16-34)22-8-4-7-21(28)23(22)29/h2-12,24H,13-16H2,1H3,(H,30,32). The number of aromatic nitrogens is 2. The Morgan fingerprint density at radius 1 is 0.829 bits per heavy atom. The van der Waals surface area contributed by atoms with Crippen molar-refractivity contribution in [3.63, 3.8) is 0 Å². The molecule has 1 aliphatic heterocycles. The maximum absolute atomic E-state index is 6.63. The number of aryl methyl sites for hydroxylation is 1. The van der Waals surface area contributed by atoms with Crippen molar-refractivity contribution < 1.29 is 4.42 Å². The van der Waals surface area contributed by atoms with Crippen LogP contribution in [0.25, 0.3) is 0 Å². The van der Waals surface area contributed by atoms with Crippen molar-refractivity contribution in [3.8, 4) is 0 Å². The SMILES string of the molecule is Cc1ccc(Nc2nnc(C(c3ccccc3Cl)N3CCN(c4cccc(Cl)c4Cl)CC3)o2)cc1. The van der Waals surface area contributed by atoms with Crippen molar-refractivity contribution in [2.45, 2.75) is 13.0 Å². The molecule has 0 bridgehead atoms. The summed E-state index contributed by atoms with van der Waals surface area (Å²) >= 11 is 19.3. The van der Waals surface area contributed by atoms with Gasteiger partial charge < -0.3 is 14.6 Å². The lowest BCUT2D eigenvalue weighted by atomic mass is 10.0. The summed E-state index contributed by atoms with van der Waals surface area (Å²) in [5.74, 6) is 0.488. The maximum Gasteiger partial charge on any atom is 0.320 e. The molecular weight excluding hydrogens is 505 g/mol. The predicted octanol–water partition coefficient (Wildman–Crippen LogP) is 6.99. The summed E-state index contributed by atoms with van der Waals surface area (Å²) in [4.78, 5) is 4.55. The molecule has 1 fully saturated rings. The molecular formula is C26H24Cl3N5O. The Labute approximate surface area is 219 Å². The fraction of sp³-hybridized carbons (Fsp3) is 0.231. The lowest BCUT2D eigenvalue weighted by molar-refractivity contribution is 0.188. The first kappa shape index (κ1) is 23.9. The Morgan fingerprint density at radius 3 is 2.29 bits per heavy atom. The van der Waals surface area contributed by atoms with Crippen LogP contribution in [0.5, 0.6) is 0 Å². The first-order valence-corrected chi connectivity index (χ1v) is 12.5. The molecule has 1 aliphatic rings. The molecule has 35 heavy (non-hydrogen) atoms. The third-order valence-electron chi connectivity index (χ3n) is 6.13. The minimum atomic E-state index is -0.276. The molecule has 0 saturated carbocycles. The summed E-state index contributed by atoms with van der Waals surface area (Å²) in [6.07, 6.45) is 0. The van der Waals surface area contributed by atoms with Crippen LogP contribution in [-0.2, 0) is 0 Å². The second-order valence-electron chi connectivity index (χ2n) is 8.46. The highest BCUT2D eigenvalue weighted by Gasteiger charge is 2.32. The first-order valence-electron chi connectivity index (χ1n) is 11.3. The van der Waals surface area contributed by atoms with E-state index >= 15 is 0 Å². The van der Waals surface area contributed by atoms with Crippen LogP contribution in [0.4, 0.5) is 17.4 Å². The van der Waals surface area contributed by atoms with E-state index in [4.69, 9.17) is 39.2 Å². The van der Waals surface area contributed by atoms with Crippen LogP contribution in [0.1, 0.15) is 23.1 Å². The maximum atomic E-state index is 6.63. The van der Waals surface area contributed by atoms with Gasteiger partial charge in [0.1, 0.15) is 6.04 Å². The molecule has 6 nitrogen and oxygen atoms in total. The second kappa shape index (κ2) is 10.5. The summed E-state index contributed by atoms with van der Waals surface area (Å²) in [7, 11) is 0. The van der Waals surface area contributed by atoms with Gasteiger partial charge in [0.15, 0.2) is 0 Å². The largest absolute Gasteiger partial charge is 0.406 e. The van der Waals surface area contributed by atoms with Gasteiger partial charge in [-0.2, -0.15) is 0 Å². The minimum Gasteiger partial charge on any atom is -0.406 e.